The summed E-state index contributed by atoms with van der Waals surface area (Å²) < 4.78 is 22.4. The summed E-state index contributed by atoms with van der Waals surface area (Å²) >= 11 is 0. The molecule has 10 aromatic rings. The zero-order valence-corrected chi connectivity index (χ0v) is 30.4. The van der Waals surface area contributed by atoms with E-state index in [0.717, 1.165) is 84.0 Å². The quantitative estimate of drug-likeness (QED) is 0.178. The Morgan fingerprint density at radius 3 is 2.20 bits per heavy atom. The zero-order valence-electron chi connectivity index (χ0n) is 30.4. The van der Waals surface area contributed by atoms with E-state index < -0.39 is 0 Å². The number of aromatic nitrogens is 3. The number of imidazole rings is 1. The molecule has 0 saturated heterocycles. The number of para-hydroxylation sites is 2. The van der Waals surface area contributed by atoms with Crippen molar-refractivity contribution in [3.8, 4) is 61.8 Å². The van der Waals surface area contributed by atoms with Gasteiger partial charge in [-0.1, -0.05) is 103 Å². The van der Waals surface area contributed by atoms with Gasteiger partial charge < -0.3 is 14.1 Å². The lowest BCUT2D eigenvalue weighted by atomic mass is 9.96. The number of halogens is 1. The van der Waals surface area contributed by atoms with Crippen molar-refractivity contribution in [3.05, 3.63) is 187 Å². The van der Waals surface area contributed by atoms with Crippen molar-refractivity contribution in [2.75, 3.05) is 0 Å². The van der Waals surface area contributed by atoms with Gasteiger partial charge in [0.15, 0.2) is 0 Å². The summed E-state index contributed by atoms with van der Waals surface area (Å²) in [5.41, 5.74) is 13.7. The Bertz CT molecular complexity index is 3090. The van der Waals surface area contributed by atoms with Crippen LogP contribution in [0.25, 0.3) is 89.0 Å². The van der Waals surface area contributed by atoms with E-state index in [2.05, 4.69) is 78.9 Å². The number of phenolic OH excluding ortho intramolecular Hbond substituents is 1. The molecule has 10 rings (SSSR count). The number of phenols is 1. The second kappa shape index (κ2) is 13.5. The summed E-state index contributed by atoms with van der Waals surface area (Å²) in [6.07, 6.45) is 2.62. The lowest BCUT2D eigenvalue weighted by Crippen LogP contribution is -1.94. The third kappa shape index (κ3) is 5.89. The van der Waals surface area contributed by atoms with Gasteiger partial charge in [-0.05, 0) is 100 Å². The van der Waals surface area contributed by atoms with E-state index in [9.17, 15) is 9.50 Å². The first-order chi connectivity index (χ1) is 27.5. The summed E-state index contributed by atoms with van der Waals surface area (Å²) in [7, 11) is 1.99. The van der Waals surface area contributed by atoms with Crippen LogP contribution in [0.15, 0.2) is 174 Å². The fourth-order valence-corrected chi connectivity index (χ4v) is 7.85. The van der Waals surface area contributed by atoms with E-state index in [-0.39, 0.29) is 11.6 Å². The highest BCUT2D eigenvalue weighted by Crippen LogP contribution is 2.43. The van der Waals surface area contributed by atoms with Gasteiger partial charge in [0.05, 0.1) is 22.3 Å². The minimum absolute atomic E-state index is 0.155. The van der Waals surface area contributed by atoms with E-state index in [1.165, 1.54) is 23.3 Å². The number of aromatic hydroxyl groups is 1. The van der Waals surface area contributed by atoms with Crippen molar-refractivity contribution in [2.24, 2.45) is 7.05 Å². The van der Waals surface area contributed by atoms with Crippen molar-refractivity contribution in [3.63, 3.8) is 0 Å². The monoisotopic (exact) mass is 727 g/mol. The number of nitrogens with zero attached hydrogens (tertiary/aromatic N) is 3. The molecule has 0 fully saturated rings. The maximum atomic E-state index is 13.8. The van der Waals surface area contributed by atoms with Crippen molar-refractivity contribution < 1.29 is 13.9 Å². The van der Waals surface area contributed by atoms with Gasteiger partial charge in [0.25, 0.3) is 0 Å². The Balaban J connectivity index is 1.11. The molecule has 0 amide bonds. The molecule has 5 nitrogen and oxygen atoms in total. The van der Waals surface area contributed by atoms with Crippen LogP contribution in [0.2, 0.25) is 0 Å². The van der Waals surface area contributed by atoms with Crippen LogP contribution < -0.4 is 0 Å². The largest absolute Gasteiger partial charge is 0.507 e. The molecular formula is C50H34FN3O2. The fourth-order valence-electron chi connectivity index (χ4n) is 7.85. The minimum atomic E-state index is -0.274. The number of fused-ring (bicyclic) bond motifs is 4. The van der Waals surface area contributed by atoms with Gasteiger partial charge in [-0.15, -0.1) is 0 Å². The Hall–Kier alpha value is -7.31. The van der Waals surface area contributed by atoms with Crippen molar-refractivity contribution >= 4 is 33.0 Å². The number of rotatable bonds is 7. The summed E-state index contributed by atoms with van der Waals surface area (Å²) in [6, 6.07) is 53.7. The highest BCUT2D eigenvalue weighted by atomic mass is 19.1. The molecule has 0 unspecified atom stereocenters. The SMILES string of the molecule is Cn1c(-c2cc(-c3cccc(Cc4ccccc4)c3)ccc2O)nc2c(-c3cc(-c4cc(-c5ccc(F)cc5)ccn4)cc4c3oc3ccccc34)cccc21. The third-order valence-electron chi connectivity index (χ3n) is 10.7. The number of aryl methyl sites for hydroxylation is 1. The smallest absolute Gasteiger partial charge is 0.144 e. The first kappa shape index (κ1) is 33.3. The van der Waals surface area contributed by atoms with Gasteiger partial charge in [-0.25, -0.2) is 9.37 Å². The van der Waals surface area contributed by atoms with E-state index in [1.54, 1.807) is 24.4 Å². The highest BCUT2D eigenvalue weighted by Gasteiger charge is 2.21. The molecular weight excluding hydrogens is 694 g/mol. The van der Waals surface area contributed by atoms with Gasteiger partial charge in [-0.3, -0.25) is 4.98 Å². The summed E-state index contributed by atoms with van der Waals surface area (Å²) in [5.74, 6) is 0.532. The van der Waals surface area contributed by atoms with Crippen molar-refractivity contribution in [2.45, 2.75) is 6.42 Å². The predicted molar refractivity (Wildman–Crippen MR) is 224 cm³/mol. The highest BCUT2D eigenvalue weighted by molar-refractivity contribution is 6.13. The van der Waals surface area contributed by atoms with Gasteiger partial charge in [-0.2, -0.15) is 0 Å². The Morgan fingerprint density at radius 2 is 1.32 bits per heavy atom. The maximum Gasteiger partial charge on any atom is 0.144 e. The van der Waals surface area contributed by atoms with Crippen LogP contribution in [0.4, 0.5) is 4.39 Å². The number of hydrogen-bond donors (Lipinski definition) is 1. The molecule has 0 radical (unpaired) electrons. The number of benzene rings is 7. The molecule has 7 aromatic carbocycles. The van der Waals surface area contributed by atoms with Crippen LogP contribution >= 0.6 is 0 Å². The van der Waals surface area contributed by atoms with Crippen molar-refractivity contribution in [1.29, 1.82) is 0 Å². The van der Waals surface area contributed by atoms with Gasteiger partial charge in [0.2, 0.25) is 0 Å². The van der Waals surface area contributed by atoms with Crippen LogP contribution in [0, 0.1) is 5.82 Å². The molecule has 0 atom stereocenters. The first-order valence-corrected chi connectivity index (χ1v) is 18.6. The second-order valence-electron chi connectivity index (χ2n) is 14.2. The molecule has 0 aliphatic carbocycles. The van der Waals surface area contributed by atoms with Crippen LogP contribution in [-0.4, -0.2) is 19.6 Å². The molecule has 56 heavy (non-hydrogen) atoms. The molecule has 0 aliphatic rings. The summed E-state index contributed by atoms with van der Waals surface area (Å²) in [4.78, 5) is 10.1. The van der Waals surface area contributed by atoms with Gasteiger partial charge >= 0.3 is 0 Å². The second-order valence-corrected chi connectivity index (χ2v) is 14.2. The van der Waals surface area contributed by atoms with Gasteiger partial charge in [0, 0.05) is 40.7 Å². The average molecular weight is 728 g/mol. The lowest BCUT2D eigenvalue weighted by molar-refractivity contribution is 0.476. The fraction of sp³-hybridized carbons (Fsp3) is 0.0400. The van der Waals surface area contributed by atoms with E-state index >= 15 is 0 Å². The zero-order chi connectivity index (χ0) is 37.8. The first-order valence-electron chi connectivity index (χ1n) is 18.6. The molecule has 268 valence electrons. The lowest BCUT2D eigenvalue weighted by Gasteiger charge is -2.10. The number of furan rings is 1. The van der Waals surface area contributed by atoms with E-state index in [0.29, 0.717) is 11.4 Å². The molecule has 3 aromatic heterocycles. The molecule has 6 heteroatoms. The standard InChI is InChI=1S/C50H34FN3O2/c1-54-45-15-8-14-40(48(45)53-50(54)43-27-35(19-22-46(43)55)34-12-7-11-32(26-34)25-31-9-3-2-4-10-31)42-29-37(28-41-39-13-5-6-16-47(39)56-49(41)42)44-30-36(23-24-52-44)33-17-20-38(51)21-18-33/h2-24,26-30,55H,25H2,1H3. The Kier molecular flexibility index (Phi) is 8.03. The van der Waals surface area contributed by atoms with E-state index in [4.69, 9.17) is 14.4 Å². The molecule has 1 N–H and O–H groups in total. The number of hydrogen-bond acceptors (Lipinski definition) is 4. The molecule has 3 heterocycles. The Morgan fingerprint density at radius 1 is 0.589 bits per heavy atom. The third-order valence-corrected chi connectivity index (χ3v) is 10.7. The van der Waals surface area contributed by atoms with Crippen LogP contribution in [-0.2, 0) is 13.5 Å². The summed E-state index contributed by atoms with van der Waals surface area (Å²) in [5, 5.41) is 13.3. The molecule has 0 spiro atoms. The van der Waals surface area contributed by atoms with Crippen molar-refractivity contribution in [1.82, 2.24) is 14.5 Å². The molecule has 0 saturated carbocycles. The van der Waals surface area contributed by atoms with E-state index in [1.807, 2.05) is 66.2 Å². The average Bonchev–Trinajstić information content (AvgIpc) is 3.79. The predicted octanol–water partition coefficient (Wildman–Crippen LogP) is 12.6. The number of pyridine rings is 1. The van der Waals surface area contributed by atoms with Crippen LogP contribution in [0.3, 0.4) is 0 Å². The topological polar surface area (TPSA) is 64.1 Å². The minimum Gasteiger partial charge on any atom is -0.507 e. The Labute approximate surface area is 322 Å². The molecule has 0 aliphatic heterocycles. The maximum absolute atomic E-state index is 13.8. The van der Waals surface area contributed by atoms with Crippen LogP contribution in [0.1, 0.15) is 11.1 Å². The normalized spacial score (nSPS) is 11.5. The molecule has 0 bridgehead atoms. The summed E-state index contributed by atoms with van der Waals surface area (Å²) in [6.45, 7) is 0. The van der Waals surface area contributed by atoms with Crippen LogP contribution in [0.5, 0.6) is 5.75 Å². The van der Waals surface area contributed by atoms with Gasteiger partial charge in [0.1, 0.15) is 28.6 Å².